The number of nitrogens with zero attached hydrogens (tertiary/aromatic N) is 1. The third kappa shape index (κ3) is 3.01. The van der Waals surface area contributed by atoms with Crippen LogP contribution >= 0.6 is 0 Å². The molecule has 0 radical (unpaired) electrons. The highest BCUT2D eigenvalue weighted by Crippen LogP contribution is 2.25. The molecule has 0 unspecified atom stereocenters. The Labute approximate surface area is 142 Å². The lowest BCUT2D eigenvalue weighted by Crippen LogP contribution is -2.32. The minimum absolute atomic E-state index is 0.0213. The zero-order valence-corrected chi connectivity index (χ0v) is 14.3. The lowest BCUT2D eigenvalue weighted by atomic mass is 10.2. The molecule has 3 aromatic rings. The van der Waals surface area contributed by atoms with Crippen molar-refractivity contribution in [3.05, 3.63) is 63.3 Å². The number of hydrogen-bond acceptors (Lipinski definition) is 5. The average Bonchev–Trinajstić information content (AvgIpc) is 2.60. The van der Waals surface area contributed by atoms with E-state index in [2.05, 4.69) is 9.71 Å². The van der Waals surface area contributed by atoms with Crippen molar-refractivity contribution >= 4 is 26.6 Å². The third-order valence-electron chi connectivity index (χ3n) is 3.71. The molecule has 0 bridgehead atoms. The van der Waals surface area contributed by atoms with Gasteiger partial charge in [-0.15, -0.1) is 0 Å². The molecule has 9 heteroatoms. The first-order valence-corrected chi connectivity index (χ1v) is 8.71. The van der Waals surface area contributed by atoms with Gasteiger partial charge in [-0.05, 0) is 30.3 Å². The van der Waals surface area contributed by atoms with Crippen molar-refractivity contribution in [2.24, 2.45) is 7.05 Å². The van der Waals surface area contributed by atoms with Gasteiger partial charge in [0.2, 0.25) is 0 Å². The van der Waals surface area contributed by atoms with E-state index in [0.29, 0.717) is 5.52 Å². The SMILES string of the molecule is COc1ccccc1S(=O)(=O)Nc1ccc2[nH]c(=O)n(C)c(=O)c2c1. The Hall–Kier alpha value is -3.07. The Morgan fingerprint density at radius 3 is 2.56 bits per heavy atom. The summed E-state index contributed by atoms with van der Waals surface area (Å²) in [7, 11) is -1.19. The molecule has 0 saturated heterocycles. The van der Waals surface area contributed by atoms with Crippen LogP contribution in [0.3, 0.4) is 0 Å². The standard InChI is InChI=1S/C16H15N3O5S/c1-19-15(20)11-9-10(7-8-12(11)17-16(19)21)18-25(22,23)14-6-4-3-5-13(14)24-2/h3-9,18H,1-2H3,(H,17,21). The molecule has 0 aliphatic heterocycles. The van der Waals surface area contributed by atoms with E-state index in [4.69, 9.17) is 4.74 Å². The van der Waals surface area contributed by atoms with E-state index in [1.54, 1.807) is 12.1 Å². The molecule has 0 spiro atoms. The van der Waals surface area contributed by atoms with E-state index in [1.807, 2.05) is 0 Å². The van der Waals surface area contributed by atoms with E-state index in [9.17, 15) is 18.0 Å². The molecule has 0 aliphatic carbocycles. The van der Waals surface area contributed by atoms with Crippen molar-refractivity contribution in [2.75, 3.05) is 11.8 Å². The normalized spacial score (nSPS) is 11.4. The molecule has 0 fully saturated rings. The molecule has 2 aromatic carbocycles. The molecule has 1 aromatic heterocycles. The molecular formula is C16H15N3O5S. The number of anilines is 1. The number of ether oxygens (including phenoxy) is 1. The van der Waals surface area contributed by atoms with E-state index >= 15 is 0 Å². The smallest absolute Gasteiger partial charge is 0.328 e. The number of aromatic amines is 1. The summed E-state index contributed by atoms with van der Waals surface area (Å²) in [6, 6.07) is 10.5. The second-order valence-electron chi connectivity index (χ2n) is 5.31. The number of sulfonamides is 1. The quantitative estimate of drug-likeness (QED) is 0.721. The first kappa shape index (κ1) is 16.8. The molecule has 25 heavy (non-hydrogen) atoms. The van der Waals surface area contributed by atoms with Crippen LogP contribution < -0.4 is 20.7 Å². The fourth-order valence-corrected chi connectivity index (χ4v) is 3.64. The average molecular weight is 361 g/mol. The molecule has 0 atom stereocenters. The zero-order valence-electron chi connectivity index (χ0n) is 13.4. The van der Waals surface area contributed by atoms with Gasteiger partial charge in [-0.3, -0.25) is 14.1 Å². The summed E-state index contributed by atoms with van der Waals surface area (Å²) in [5.74, 6) is 0.205. The first-order valence-electron chi connectivity index (χ1n) is 7.22. The van der Waals surface area contributed by atoms with E-state index in [1.165, 1.54) is 44.5 Å². The summed E-state index contributed by atoms with van der Waals surface area (Å²) in [6.07, 6.45) is 0. The number of hydrogen-bond donors (Lipinski definition) is 2. The highest BCUT2D eigenvalue weighted by atomic mass is 32.2. The second kappa shape index (κ2) is 6.10. The summed E-state index contributed by atoms with van der Waals surface area (Å²) in [5, 5.41) is 0.197. The van der Waals surface area contributed by atoms with E-state index in [-0.39, 0.29) is 21.7 Å². The lowest BCUT2D eigenvalue weighted by Gasteiger charge is -2.12. The van der Waals surface area contributed by atoms with Gasteiger partial charge in [0.05, 0.1) is 18.0 Å². The van der Waals surface area contributed by atoms with Gasteiger partial charge in [0.15, 0.2) is 0 Å². The van der Waals surface area contributed by atoms with Crippen LogP contribution in [0.1, 0.15) is 0 Å². The molecule has 0 saturated carbocycles. The van der Waals surface area contributed by atoms with Gasteiger partial charge in [-0.1, -0.05) is 12.1 Å². The molecule has 130 valence electrons. The minimum Gasteiger partial charge on any atom is -0.495 e. The lowest BCUT2D eigenvalue weighted by molar-refractivity contribution is 0.403. The van der Waals surface area contributed by atoms with Crippen LogP contribution in [0.4, 0.5) is 5.69 Å². The summed E-state index contributed by atoms with van der Waals surface area (Å²) in [6.45, 7) is 0. The number of aromatic nitrogens is 2. The van der Waals surface area contributed by atoms with Gasteiger partial charge in [0, 0.05) is 12.7 Å². The van der Waals surface area contributed by atoms with Gasteiger partial charge in [0.25, 0.3) is 15.6 Å². The molecule has 3 rings (SSSR count). The minimum atomic E-state index is -3.91. The Balaban J connectivity index is 2.09. The maximum atomic E-state index is 12.6. The number of rotatable bonds is 4. The number of benzene rings is 2. The fourth-order valence-electron chi connectivity index (χ4n) is 2.42. The third-order valence-corrected chi connectivity index (χ3v) is 5.13. The number of para-hydroxylation sites is 1. The van der Waals surface area contributed by atoms with E-state index < -0.39 is 21.3 Å². The van der Waals surface area contributed by atoms with Crippen molar-refractivity contribution in [3.63, 3.8) is 0 Å². The van der Waals surface area contributed by atoms with Crippen molar-refractivity contribution in [1.29, 1.82) is 0 Å². The van der Waals surface area contributed by atoms with Gasteiger partial charge in [0.1, 0.15) is 10.6 Å². The first-order chi connectivity index (χ1) is 11.8. The predicted octanol–water partition coefficient (Wildman–Crippen LogP) is 1.04. The number of nitrogens with one attached hydrogen (secondary N) is 2. The maximum absolute atomic E-state index is 12.6. The fraction of sp³-hybridized carbons (Fsp3) is 0.125. The van der Waals surface area contributed by atoms with Crippen molar-refractivity contribution in [2.45, 2.75) is 4.90 Å². The predicted molar refractivity (Wildman–Crippen MR) is 93.6 cm³/mol. The summed E-state index contributed by atoms with van der Waals surface area (Å²) < 4.78 is 33.6. The highest BCUT2D eigenvalue weighted by Gasteiger charge is 2.19. The van der Waals surface area contributed by atoms with E-state index in [0.717, 1.165) is 4.57 Å². The largest absolute Gasteiger partial charge is 0.495 e. The summed E-state index contributed by atoms with van der Waals surface area (Å²) in [4.78, 5) is 26.3. The number of H-pyrrole nitrogens is 1. The molecule has 8 nitrogen and oxygen atoms in total. The Bertz CT molecular complexity index is 1180. The van der Waals surface area contributed by atoms with Crippen LogP contribution in [-0.2, 0) is 17.1 Å². The van der Waals surface area contributed by atoms with Crippen LogP contribution in [0.5, 0.6) is 5.75 Å². The topological polar surface area (TPSA) is 110 Å². The molecular weight excluding hydrogens is 346 g/mol. The summed E-state index contributed by atoms with van der Waals surface area (Å²) >= 11 is 0. The van der Waals surface area contributed by atoms with Crippen LogP contribution in [0, 0.1) is 0 Å². The van der Waals surface area contributed by atoms with Gasteiger partial charge < -0.3 is 9.72 Å². The molecule has 2 N–H and O–H groups in total. The Kier molecular flexibility index (Phi) is 4.09. The van der Waals surface area contributed by atoms with Gasteiger partial charge >= 0.3 is 5.69 Å². The number of fused-ring (bicyclic) bond motifs is 1. The van der Waals surface area contributed by atoms with Crippen molar-refractivity contribution in [1.82, 2.24) is 9.55 Å². The maximum Gasteiger partial charge on any atom is 0.328 e. The Morgan fingerprint density at radius 1 is 1.12 bits per heavy atom. The van der Waals surface area contributed by atoms with Gasteiger partial charge in [-0.25, -0.2) is 13.2 Å². The van der Waals surface area contributed by atoms with Gasteiger partial charge in [-0.2, -0.15) is 0 Å². The Morgan fingerprint density at radius 2 is 1.84 bits per heavy atom. The molecule has 0 amide bonds. The molecule has 0 aliphatic rings. The molecule has 1 heterocycles. The van der Waals surface area contributed by atoms with Crippen LogP contribution in [0.15, 0.2) is 56.9 Å². The second-order valence-corrected chi connectivity index (χ2v) is 6.96. The van der Waals surface area contributed by atoms with Crippen LogP contribution in [-0.4, -0.2) is 25.1 Å². The van der Waals surface area contributed by atoms with Crippen molar-refractivity contribution in [3.8, 4) is 5.75 Å². The van der Waals surface area contributed by atoms with Crippen LogP contribution in [0.25, 0.3) is 10.9 Å². The monoisotopic (exact) mass is 361 g/mol. The summed E-state index contributed by atoms with van der Waals surface area (Å²) in [5.41, 5.74) is -0.534. The highest BCUT2D eigenvalue weighted by molar-refractivity contribution is 7.92. The zero-order chi connectivity index (χ0) is 18.2. The van der Waals surface area contributed by atoms with Crippen LogP contribution in [0.2, 0.25) is 0 Å². The van der Waals surface area contributed by atoms with Crippen molar-refractivity contribution < 1.29 is 13.2 Å². The number of methoxy groups -OCH3 is 1.